The molecule has 1 aliphatic heterocycles. The van der Waals surface area contributed by atoms with Gasteiger partial charge in [-0.3, -0.25) is 4.90 Å². The molecule has 1 rings (SSSR count). The fraction of sp³-hybridized carbons (Fsp3) is 0.875. The van der Waals surface area contributed by atoms with Crippen LogP contribution in [0.25, 0.3) is 0 Å². The van der Waals surface area contributed by atoms with Crippen LogP contribution in [-0.4, -0.2) is 36.1 Å². The van der Waals surface area contributed by atoms with Gasteiger partial charge in [0.2, 0.25) is 0 Å². The smallest absolute Gasteiger partial charge is 0.0702 e. The summed E-state index contributed by atoms with van der Waals surface area (Å²) in [5.74, 6) is 0. The summed E-state index contributed by atoms with van der Waals surface area (Å²) in [4.78, 5) is 4.84. The molecule has 1 aliphatic rings. The Morgan fingerprint density at radius 1 is 0.889 bits per heavy atom. The second kappa shape index (κ2) is 10.4. The Bertz CT molecular complexity index is 203. The molecule has 0 amide bonds. The summed E-state index contributed by atoms with van der Waals surface area (Å²) in [5, 5.41) is 0. The van der Waals surface area contributed by atoms with Crippen LogP contribution in [0.3, 0.4) is 0 Å². The van der Waals surface area contributed by atoms with Gasteiger partial charge in [-0.25, -0.2) is 0 Å². The maximum Gasteiger partial charge on any atom is 0.0702 e. The Hall–Kier alpha value is -0.500. The molecule has 0 spiro atoms. The molecule has 1 saturated heterocycles. The van der Waals surface area contributed by atoms with E-state index in [2.05, 4.69) is 23.3 Å². The van der Waals surface area contributed by atoms with E-state index >= 15 is 0 Å². The lowest BCUT2D eigenvalue weighted by molar-refractivity contribution is 0.282. The largest absolute Gasteiger partial charge is 0.364 e. The van der Waals surface area contributed by atoms with Crippen molar-refractivity contribution in [3.8, 4) is 0 Å². The molecule has 0 aliphatic carbocycles. The highest BCUT2D eigenvalue weighted by molar-refractivity contribution is 4.78. The molecule has 106 valence electrons. The van der Waals surface area contributed by atoms with Crippen molar-refractivity contribution >= 4 is 0 Å². The van der Waals surface area contributed by atoms with Crippen molar-refractivity contribution in [2.45, 2.75) is 64.7 Å². The van der Waals surface area contributed by atoms with Crippen molar-refractivity contribution in [3.05, 3.63) is 12.8 Å². The molecule has 0 bridgehead atoms. The molecular formula is C16H32N2. The average molecular weight is 252 g/mol. The van der Waals surface area contributed by atoms with Crippen LogP contribution in [0.4, 0.5) is 0 Å². The van der Waals surface area contributed by atoms with Crippen LogP contribution in [0.15, 0.2) is 12.8 Å². The Morgan fingerprint density at radius 3 is 2.06 bits per heavy atom. The summed E-state index contributed by atoms with van der Waals surface area (Å²) in [5.41, 5.74) is 0. The van der Waals surface area contributed by atoms with E-state index in [0.29, 0.717) is 0 Å². The highest BCUT2D eigenvalue weighted by Gasteiger charge is 2.15. The summed E-state index contributed by atoms with van der Waals surface area (Å²) in [6.07, 6.45) is 14.8. The third-order valence-corrected chi connectivity index (χ3v) is 3.92. The van der Waals surface area contributed by atoms with Gasteiger partial charge < -0.3 is 4.90 Å². The molecule has 0 N–H and O–H groups in total. The monoisotopic (exact) mass is 252 g/mol. The fourth-order valence-corrected chi connectivity index (χ4v) is 2.65. The van der Waals surface area contributed by atoms with Crippen molar-refractivity contribution in [2.75, 3.05) is 26.3 Å². The van der Waals surface area contributed by atoms with Crippen molar-refractivity contribution in [2.24, 2.45) is 0 Å². The van der Waals surface area contributed by atoms with Crippen LogP contribution in [0, 0.1) is 0 Å². The summed E-state index contributed by atoms with van der Waals surface area (Å²) in [6, 6.07) is 0. The Balaban J connectivity index is 1.80. The Kier molecular flexibility index (Phi) is 9.01. The average Bonchev–Trinajstić information content (AvgIpc) is 2.85. The third-order valence-electron chi connectivity index (χ3n) is 3.92. The molecule has 0 atom stereocenters. The van der Waals surface area contributed by atoms with Crippen LogP contribution >= 0.6 is 0 Å². The molecule has 0 aromatic rings. The zero-order valence-corrected chi connectivity index (χ0v) is 12.4. The van der Waals surface area contributed by atoms with E-state index in [1.54, 1.807) is 0 Å². The number of hydrogen-bond acceptors (Lipinski definition) is 2. The Labute approximate surface area is 114 Å². The molecule has 1 heterocycles. The van der Waals surface area contributed by atoms with E-state index in [4.69, 9.17) is 0 Å². The molecule has 0 radical (unpaired) electrons. The van der Waals surface area contributed by atoms with Gasteiger partial charge in [-0.05, 0) is 19.2 Å². The number of nitrogens with zero attached hydrogens (tertiary/aromatic N) is 2. The van der Waals surface area contributed by atoms with Gasteiger partial charge in [-0.2, -0.15) is 0 Å². The molecule has 1 fully saturated rings. The van der Waals surface area contributed by atoms with Crippen LogP contribution in [-0.2, 0) is 0 Å². The number of rotatable bonds is 11. The highest BCUT2D eigenvalue weighted by Crippen LogP contribution is 2.11. The van der Waals surface area contributed by atoms with Crippen molar-refractivity contribution in [1.29, 1.82) is 0 Å². The van der Waals surface area contributed by atoms with Crippen LogP contribution in [0.2, 0.25) is 0 Å². The van der Waals surface area contributed by atoms with Gasteiger partial charge in [-0.1, -0.05) is 64.9 Å². The van der Waals surface area contributed by atoms with Gasteiger partial charge in [0, 0.05) is 13.1 Å². The molecule has 2 heteroatoms. The highest BCUT2D eigenvalue weighted by atomic mass is 15.4. The van der Waals surface area contributed by atoms with Gasteiger partial charge in [0.25, 0.3) is 0 Å². The van der Waals surface area contributed by atoms with E-state index in [9.17, 15) is 0 Å². The molecule has 18 heavy (non-hydrogen) atoms. The van der Waals surface area contributed by atoms with Gasteiger partial charge in [0.1, 0.15) is 0 Å². The topological polar surface area (TPSA) is 6.48 Å². The van der Waals surface area contributed by atoms with E-state index in [-0.39, 0.29) is 0 Å². The normalized spacial score (nSPS) is 16.4. The lowest BCUT2D eigenvalue weighted by atomic mass is 10.1. The first-order valence-corrected chi connectivity index (χ1v) is 7.95. The summed E-state index contributed by atoms with van der Waals surface area (Å²) in [6.45, 7) is 10.9. The van der Waals surface area contributed by atoms with E-state index < -0.39 is 0 Å². The third kappa shape index (κ3) is 7.05. The molecule has 2 nitrogen and oxygen atoms in total. The quantitative estimate of drug-likeness (QED) is 0.508. The fourth-order valence-electron chi connectivity index (χ4n) is 2.65. The van der Waals surface area contributed by atoms with Crippen molar-refractivity contribution in [1.82, 2.24) is 9.80 Å². The molecular weight excluding hydrogens is 220 g/mol. The van der Waals surface area contributed by atoms with E-state index in [1.807, 2.05) is 6.20 Å². The van der Waals surface area contributed by atoms with Crippen LogP contribution in [0.1, 0.15) is 64.7 Å². The maximum atomic E-state index is 3.83. The first-order valence-electron chi connectivity index (χ1n) is 7.95. The molecule has 0 unspecified atom stereocenters. The first-order chi connectivity index (χ1) is 8.86. The van der Waals surface area contributed by atoms with Gasteiger partial charge in [-0.15, -0.1) is 0 Å². The predicted octanol–water partition coefficient (Wildman–Crippen LogP) is 4.24. The summed E-state index contributed by atoms with van der Waals surface area (Å²) < 4.78 is 0. The summed E-state index contributed by atoms with van der Waals surface area (Å²) in [7, 11) is 0. The minimum absolute atomic E-state index is 1.10. The zero-order valence-electron chi connectivity index (χ0n) is 12.4. The van der Waals surface area contributed by atoms with Crippen molar-refractivity contribution in [3.63, 3.8) is 0 Å². The molecule has 0 aromatic carbocycles. The number of unbranched alkanes of at least 4 members (excludes halogenated alkanes) is 8. The Morgan fingerprint density at radius 2 is 1.50 bits per heavy atom. The van der Waals surface area contributed by atoms with Crippen LogP contribution in [0.5, 0.6) is 0 Å². The summed E-state index contributed by atoms with van der Waals surface area (Å²) >= 11 is 0. The van der Waals surface area contributed by atoms with E-state index in [1.165, 1.54) is 77.4 Å². The zero-order chi connectivity index (χ0) is 13.1. The van der Waals surface area contributed by atoms with Gasteiger partial charge in [0.15, 0.2) is 0 Å². The van der Waals surface area contributed by atoms with Gasteiger partial charge in [0.05, 0.1) is 6.67 Å². The lowest BCUT2D eigenvalue weighted by Gasteiger charge is -2.15. The minimum atomic E-state index is 1.10. The standard InChI is InChI=1S/C16H32N2/c1-3-5-6-7-8-9-10-11-12-13-18-15-14-17(4-2)16-18/h4H,2-3,5-16H2,1H3. The minimum Gasteiger partial charge on any atom is -0.364 e. The number of hydrogen-bond donors (Lipinski definition) is 0. The van der Waals surface area contributed by atoms with Crippen molar-refractivity contribution < 1.29 is 0 Å². The van der Waals surface area contributed by atoms with E-state index in [0.717, 1.165) is 6.67 Å². The first kappa shape index (κ1) is 15.6. The second-order valence-corrected chi connectivity index (χ2v) is 5.58. The lowest BCUT2D eigenvalue weighted by Crippen LogP contribution is -2.23. The van der Waals surface area contributed by atoms with Gasteiger partial charge >= 0.3 is 0 Å². The second-order valence-electron chi connectivity index (χ2n) is 5.58. The SMILES string of the molecule is C=CN1CCN(CCCCCCCCCCC)C1. The molecule has 0 aromatic heterocycles. The van der Waals surface area contributed by atoms with Crippen LogP contribution < -0.4 is 0 Å². The maximum absolute atomic E-state index is 3.83. The molecule has 0 saturated carbocycles. The predicted molar refractivity (Wildman–Crippen MR) is 80.6 cm³/mol.